The molecule has 1 rings (SSSR count). The minimum absolute atomic E-state index is 0.187. The Morgan fingerprint density at radius 3 is 2.47 bits per heavy atom. The normalized spacial score (nSPS) is 17.7. The van der Waals surface area contributed by atoms with Crippen molar-refractivity contribution < 1.29 is 4.79 Å². The van der Waals surface area contributed by atoms with Gasteiger partial charge in [-0.05, 0) is 32.2 Å². The van der Waals surface area contributed by atoms with Crippen molar-refractivity contribution in [2.24, 2.45) is 5.73 Å². The van der Waals surface area contributed by atoms with E-state index < -0.39 is 0 Å². The molecule has 0 radical (unpaired) electrons. The summed E-state index contributed by atoms with van der Waals surface area (Å²) in [6.45, 7) is 8.40. The molecule has 0 aromatic carbocycles. The Morgan fingerprint density at radius 1 is 1.41 bits per heavy atom. The third kappa shape index (κ3) is 5.50. The Morgan fingerprint density at radius 2 is 2.06 bits per heavy atom. The highest BCUT2D eigenvalue weighted by atomic mass is 16.1. The molecule has 100 valence electrons. The van der Waals surface area contributed by atoms with Crippen LogP contribution in [-0.2, 0) is 4.79 Å². The van der Waals surface area contributed by atoms with Crippen LogP contribution in [0.5, 0.6) is 0 Å². The Balaban J connectivity index is 2.35. The molecule has 1 atom stereocenters. The molecular formula is C13H27N3O. The number of carbonyl (C=O) groups excluding carboxylic acids is 1. The van der Waals surface area contributed by atoms with Crippen molar-refractivity contribution in [3.05, 3.63) is 0 Å². The van der Waals surface area contributed by atoms with Crippen LogP contribution in [0.3, 0.4) is 0 Å². The molecule has 4 heteroatoms. The molecule has 0 saturated heterocycles. The van der Waals surface area contributed by atoms with E-state index in [4.69, 9.17) is 5.73 Å². The van der Waals surface area contributed by atoms with Gasteiger partial charge in [0.2, 0.25) is 5.91 Å². The first kappa shape index (κ1) is 14.5. The number of hydrogen-bond acceptors (Lipinski definition) is 3. The molecule has 1 saturated carbocycles. The minimum Gasteiger partial charge on any atom is -0.368 e. The molecule has 0 aliphatic heterocycles. The lowest BCUT2D eigenvalue weighted by Crippen LogP contribution is -2.46. The topological polar surface area (TPSA) is 58.4 Å². The zero-order chi connectivity index (χ0) is 12.8. The second-order valence-corrected chi connectivity index (χ2v) is 5.33. The van der Waals surface area contributed by atoms with Crippen LogP contribution >= 0.6 is 0 Å². The first-order valence-corrected chi connectivity index (χ1v) is 6.84. The smallest absolute Gasteiger partial charge is 0.234 e. The van der Waals surface area contributed by atoms with Crippen molar-refractivity contribution in [1.29, 1.82) is 0 Å². The monoisotopic (exact) mass is 241 g/mol. The molecule has 1 unspecified atom stereocenters. The number of primary amides is 1. The van der Waals surface area contributed by atoms with Crippen LogP contribution < -0.4 is 11.1 Å². The summed E-state index contributed by atoms with van der Waals surface area (Å²) in [5.41, 5.74) is 5.42. The van der Waals surface area contributed by atoms with Gasteiger partial charge in [0.05, 0.1) is 6.04 Å². The van der Waals surface area contributed by atoms with E-state index in [-0.39, 0.29) is 11.9 Å². The van der Waals surface area contributed by atoms with Gasteiger partial charge in [-0.15, -0.1) is 0 Å². The minimum atomic E-state index is -0.231. The maximum absolute atomic E-state index is 11.3. The van der Waals surface area contributed by atoms with Crippen molar-refractivity contribution in [3.63, 3.8) is 0 Å². The Hall–Kier alpha value is -0.610. The van der Waals surface area contributed by atoms with E-state index in [0.29, 0.717) is 6.04 Å². The maximum Gasteiger partial charge on any atom is 0.234 e. The molecule has 1 aliphatic carbocycles. The van der Waals surface area contributed by atoms with Gasteiger partial charge in [-0.1, -0.05) is 20.8 Å². The van der Waals surface area contributed by atoms with E-state index in [1.54, 1.807) is 0 Å². The van der Waals surface area contributed by atoms with Gasteiger partial charge in [0.1, 0.15) is 0 Å². The number of rotatable bonds is 9. The molecule has 3 N–H and O–H groups in total. The first-order valence-electron chi connectivity index (χ1n) is 6.84. The molecule has 17 heavy (non-hydrogen) atoms. The van der Waals surface area contributed by atoms with Crippen molar-refractivity contribution in [2.45, 2.75) is 64.6 Å². The van der Waals surface area contributed by atoms with Gasteiger partial charge in [0, 0.05) is 18.6 Å². The fourth-order valence-corrected chi connectivity index (χ4v) is 2.21. The van der Waals surface area contributed by atoms with Gasteiger partial charge >= 0.3 is 0 Å². The molecule has 1 aliphatic rings. The first-order chi connectivity index (χ1) is 8.04. The van der Waals surface area contributed by atoms with Gasteiger partial charge < -0.3 is 16.0 Å². The van der Waals surface area contributed by atoms with Crippen molar-refractivity contribution in [1.82, 2.24) is 10.2 Å². The third-order valence-electron chi connectivity index (χ3n) is 3.16. The molecule has 0 heterocycles. The average Bonchev–Trinajstić information content (AvgIpc) is 3.05. The van der Waals surface area contributed by atoms with E-state index in [1.165, 1.54) is 19.3 Å². The lowest BCUT2D eigenvalue weighted by Gasteiger charge is -2.25. The molecule has 1 fully saturated rings. The van der Waals surface area contributed by atoms with E-state index in [0.717, 1.165) is 25.6 Å². The lowest BCUT2D eigenvalue weighted by atomic mass is 10.1. The van der Waals surface area contributed by atoms with Gasteiger partial charge in [0.25, 0.3) is 0 Å². The summed E-state index contributed by atoms with van der Waals surface area (Å²) in [4.78, 5) is 13.8. The Kier molecular flexibility index (Phi) is 5.92. The van der Waals surface area contributed by atoms with Gasteiger partial charge in [-0.3, -0.25) is 4.79 Å². The Labute approximate surface area is 105 Å². The van der Waals surface area contributed by atoms with Crippen molar-refractivity contribution in [2.75, 3.05) is 13.1 Å². The predicted molar refractivity (Wildman–Crippen MR) is 70.8 cm³/mol. The van der Waals surface area contributed by atoms with E-state index in [9.17, 15) is 4.79 Å². The van der Waals surface area contributed by atoms with Gasteiger partial charge in [-0.2, -0.15) is 0 Å². The average molecular weight is 241 g/mol. The molecule has 0 aromatic rings. The van der Waals surface area contributed by atoms with Crippen LogP contribution in [-0.4, -0.2) is 42.0 Å². The lowest BCUT2D eigenvalue weighted by molar-refractivity contribution is -0.120. The van der Waals surface area contributed by atoms with E-state index in [2.05, 4.69) is 17.1 Å². The maximum atomic E-state index is 11.3. The summed E-state index contributed by atoms with van der Waals surface area (Å²) in [7, 11) is 0. The summed E-state index contributed by atoms with van der Waals surface area (Å²) in [5, 5.41) is 3.23. The zero-order valence-corrected chi connectivity index (χ0v) is 11.4. The van der Waals surface area contributed by atoms with Crippen LogP contribution in [0, 0.1) is 0 Å². The fourth-order valence-electron chi connectivity index (χ4n) is 2.21. The standard InChI is InChI=1S/C13H27N3O/c1-4-8-16(11-5-6-11)9-7-12(13(14)17)15-10(2)3/h10-12,15H,4-9H2,1-3H3,(H2,14,17). The molecule has 4 nitrogen and oxygen atoms in total. The fraction of sp³-hybridized carbons (Fsp3) is 0.923. The number of amides is 1. The number of carbonyl (C=O) groups is 1. The van der Waals surface area contributed by atoms with Crippen LogP contribution in [0.15, 0.2) is 0 Å². The third-order valence-corrected chi connectivity index (χ3v) is 3.16. The number of nitrogens with one attached hydrogen (secondary N) is 1. The summed E-state index contributed by atoms with van der Waals surface area (Å²) < 4.78 is 0. The summed E-state index contributed by atoms with van der Waals surface area (Å²) in [5.74, 6) is -0.231. The van der Waals surface area contributed by atoms with E-state index in [1.807, 2.05) is 13.8 Å². The highest BCUT2D eigenvalue weighted by molar-refractivity contribution is 5.79. The van der Waals surface area contributed by atoms with Crippen LogP contribution in [0.1, 0.15) is 46.5 Å². The second-order valence-electron chi connectivity index (χ2n) is 5.33. The van der Waals surface area contributed by atoms with E-state index >= 15 is 0 Å². The summed E-state index contributed by atoms with van der Waals surface area (Å²) in [6.07, 6.45) is 4.64. The number of nitrogens with two attached hydrogens (primary N) is 1. The highest BCUT2D eigenvalue weighted by Gasteiger charge is 2.29. The highest BCUT2D eigenvalue weighted by Crippen LogP contribution is 2.27. The summed E-state index contributed by atoms with van der Waals surface area (Å²) >= 11 is 0. The number of nitrogens with zero attached hydrogens (tertiary/aromatic N) is 1. The molecular weight excluding hydrogens is 214 g/mol. The SMILES string of the molecule is CCCN(CCC(NC(C)C)C(N)=O)C1CC1. The summed E-state index contributed by atoms with van der Waals surface area (Å²) in [6, 6.07) is 0.878. The van der Waals surface area contributed by atoms with Gasteiger partial charge in [0.15, 0.2) is 0 Å². The van der Waals surface area contributed by atoms with Crippen molar-refractivity contribution >= 4 is 5.91 Å². The molecule has 0 aromatic heterocycles. The molecule has 1 amide bonds. The van der Waals surface area contributed by atoms with Crippen molar-refractivity contribution in [3.8, 4) is 0 Å². The quantitative estimate of drug-likeness (QED) is 0.635. The van der Waals surface area contributed by atoms with Crippen LogP contribution in [0.2, 0.25) is 0 Å². The van der Waals surface area contributed by atoms with Gasteiger partial charge in [-0.25, -0.2) is 0 Å². The molecule has 0 bridgehead atoms. The zero-order valence-electron chi connectivity index (χ0n) is 11.4. The largest absolute Gasteiger partial charge is 0.368 e. The van der Waals surface area contributed by atoms with Crippen LogP contribution in [0.25, 0.3) is 0 Å². The predicted octanol–water partition coefficient (Wildman–Crippen LogP) is 1.10. The Bertz CT molecular complexity index is 239. The van der Waals surface area contributed by atoms with Crippen LogP contribution in [0.4, 0.5) is 0 Å². The second kappa shape index (κ2) is 6.97. The number of hydrogen-bond donors (Lipinski definition) is 2. The molecule has 0 spiro atoms.